The molecule has 2 aromatic carbocycles. The summed E-state index contributed by atoms with van der Waals surface area (Å²) in [5.41, 5.74) is 3.15. The molecule has 178 valence electrons. The molecule has 6 heteroatoms. The lowest BCUT2D eigenvalue weighted by Gasteiger charge is -2.20. The normalized spacial score (nSPS) is 14.2. The van der Waals surface area contributed by atoms with Gasteiger partial charge in [-0.25, -0.2) is 0 Å². The molecule has 1 fully saturated rings. The van der Waals surface area contributed by atoms with E-state index in [-0.39, 0.29) is 11.8 Å². The van der Waals surface area contributed by atoms with Gasteiger partial charge in [-0.15, -0.1) is 0 Å². The number of carbonyl (C=O) groups excluding carboxylic acids is 2. The number of nitrogens with one attached hydrogen (secondary N) is 2. The van der Waals surface area contributed by atoms with Gasteiger partial charge in [0, 0.05) is 37.5 Å². The quantitative estimate of drug-likeness (QED) is 0.438. The fraction of sp³-hybridized carbons (Fsp3) is 0.481. The molecular weight excluding hydrogens is 414 g/mol. The fourth-order valence-electron chi connectivity index (χ4n) is 4.08. The molecule has 3 rings (SSSR count). The highest BCUT2D eigenvalue weighted by atomic mass is 16.5. The first-order valence-corrected chi connectivity index (χ1v) is 12.2. The molecular formula is C27H37N3O3. The molecule has 0 saturated carbocycles. The van der Waals surface area contributed by atoms with Crippen LogP contribution in [0.5, 0.6) is 0 Å². The van der Waals surface area contributed by atoms with Crippen LogP contribution in [-0.2, 0) is 20.7 Å². The predicted octanol–water partition coefficient (Wildman–Crippen LogP) is 4.55. The standard InChI is InChI=1S/C27H37N3O3/c1-2-10-25(27(32)28-23-13-8-14-24(21-23)30-17-6-7-18-30)29-26(31)15-9-19-33-20-16-22-11-4-3-5-12-22/h3-5,8,11-14,21,25H,2,6-7,9-10,15-20H2,1H3,(H,28,32)(H,29,31). The molecule has 0 aliphatic carbocycles. The van der Waals surface area contributed by atoms with Gasteiger partial charge in [-0.2, -0.15) is 0 Å². The lowest BCUT2D eigenvalue weighted by Crippen LogP contribution is -2.43. The molecule has 0 aromatic heterocycles. The third kappa shape index (κ3) is 8.54. The summed E-state index contributed by atoms with van der Waals surface area (Å²) in [7, 11) is 0. The third-order valence-electron chi connectivity index (χ3n) is 5.88. The van der Waals surface area contributed by atoms with Crippen LogP contribution in [0.4, 0.5) is 11.4 Å². The minimum Gasteiger partial charge on any atom is -0.381 e. The van der Waals surface area contributed by atoms with E-state index in [2.05, 4.69) is 33.7 Å². The maximum absolute atomic E-state index is 12.9. The highest BCUT2D eigenvalue weighted by molar-refractivity contribution is 5.97. The average molecular weight is 452 g/mol. The van der Waals surface area contributed by atoms with Gasteiger partial charge in [-0.05, 0) is 55.9 Å². The summed E-state index contributed by atoms with van der Waals surface area (Å²) in [6.07, 6.45) is 5.69. The molecule has 1 saturated heterocycles. The number of carbonyl (C=O) groups is 2. The van der Waals surface area contributed by atoms with Crippen LogP contribution < -0.4 is 15.5 Å². The Kier molecular flexibility index (Phi) is 10.2. The summed E-state index contributed by atoms with van der Waals surface area (Å²) >= 11 is 0. The number of benzene rings is 2. The average Bonchev–Trinajstić information content (AvgIpc) is 3.37. The van der Waals surface area contributed by atoms with E-state index < -0.39 is 6.04 Å². The first kappa shape index (κ1) is 24.8. The van der Waals surface area contributed by atoms with Crippen LogP contribution in [0.2, 0.25) is 0 Å². The number of amides is 2. The van der Waals surface area contributed by atoms with Gasteiger partial charge in [0.05, 0.1) is 6.61 Å². The smallest absolute Gasteiger partial charge is 0.246 e. The highest BCUT2D eigenvalue weighted by Crippen LogP contribution is 2.23. The summed E-state index contributed by atoms with van der Waals surface area (Å²) in [5, 5.41) is 5.90. The van der Waals surface area contributed by atoms with Gasteiger partial charge in [-0.1, -0.05) is 49.7 Å². The van der Waals surface area contributed by atoms with Gasteiger partial charge in [0.25, 0.3) is 0 Å². The van der Waals surface area contributed by atoms with Gasteiger partial charge in [-0.3, -0.25) is 9.59 Å². The van der Waals surface area contributed by atoms with Crippen molar-refractivity contribution < 1.29 is 14.3 Å². The third-order valence-corrected chi connectivity index (χ3v) is 5.88. The number of hydrogen-bond donors (Lipinski definition) is 2. The van der Waals surface area contributed by atoms with Crippen LogP contribution in [0.15, 0.2) is 54.6 Å². The van der Waals surface area contributed by atoms with Crippen molar-refractivity contribution >= 4 is 23.2 Å². The van der Waals surface area contributed by atoms with E-state index in [0.29, 0.717) is 32.5 Å². The SMILES string of the molecule is CCCC(NC(=O)CCCOCCc1ccccc1)C(=O)Nc1cccc(N2CCCC2)c1. The molecule has 33 heavy (non-hydrogen) atoms. The van der Waals surface area contributed by atoms with E-state index in [0.717, 1.165) is 37.3 Å². The minimum atomic E-state index is -0.531. The zero-order valence-electron chi connectivity index (χ0n) is 19.7. The molecule has 2 aromatic rings. The monoisotopic (exact) mass is 451 g/mol. The van der Waals surface area contributed by atoms with Crippen molar-refractivity contribution in [2.24, 2.45) is 0 Å². The Morgan fingerprint density at radius 3 is 2.58 bits per heavy atom. The molecule has 0 bridgehead atoms. The Balaban J connectivity index is 1.39. The zero-order valence-corrected chi connectivity index (χ0v) is 19.7. The first-order valence-electron chi connectivity index (χ1n) is 12.2. The molecule has 1 aliphatic heterocycles. The largest absolute Gasteiger partial charge is 0.381 e. The van der Waals surface area contributed by atoms with E-state index >= 15 is 0 Å². The summed E-state index contributed by atoms with van der Waals surface area (Å²) < 4.78 is 5.66. The van der Waals surface area contributed by atoms with Crippen molar-refractivity contribution in [2.75, 3.05) is 36.5 Å². The summed E-state index contributed by atoms with van der Waals surface area (Å²) in [5.74, 6) is -0.274. The Bertz CT molecular complexity index is 866. The summed E-state index contributed by atoms with van der Waals surface area (Å²) in [4.78, 5) is 27.6. The second-order valence-corrected chi connectivity index (χ2v) is 8.59. The molecule has 0 spiro atoms. The maximum atomic E-state index is 12.9. The first-order chi connectivity index (χ1) is 16.2. The fourth-order valence-corrected chi connectivity index (χ4v) is 4.08. The van der Waals surface area contributed by atoms with E-state index in [1.807, 2.05) is 43.3 Å². The molecule has 1 unspecified atom stereocenters. The molecule has 2 N–H and O–H groups in total. The van der Waals surface area contributed by atoms with Crippen LogP contribution in [0.3, 0.4) is 0 Å². The number of anilines is 2. The molecule has 0 radical (unpaired) electrons. The highest BCUT2D eigenvalue weighted by Gasteiger charge is 2.20. The van der Waals surface area contributed by atoms with E-state index in [9.17, 15) is 9.59 Å². The van der Waals surface area contributed by atoms with Crippen molar-refractivity contribution in [1.82, 2.24) is 5.32 Å². The van der Waals surface area contributed by atoms with Crippen molar-refractivity contribution in [3.05, 3.63) is 60.2 Å². The maximum Gasteiger partial charge on any atom is 0.246 e. The minimum absolute atomic E-state index is 0.110. The van der Waals surface area contributed by atoms with Gasteiger partial charge in [0.1, 0.15) is 6.04 Å². The van der Waals surface area contributed by atoms with Crippen LogP contribution in [-0.4, -0.2) is 44.2 Å². The van der Waals surface area contributed by atoms with Crippen molar-refractivity contribution in [3.63, 3.8) is 0 Å². The van der Waals surface area contributed by atoms with Crippen LogP contribution in [0.25, 0.3) is 0 Å². The molecule has 2 amide bonds. The van der Waals surface area contributed by atoms with E-state index in [1.54, 1.807) is 0 Å². The van der Waals surface area contributed by atoms with Crippen molar-refractivity contribution in [3.8, 4) is 0 Å². The summed E-state index contributed by atoms with van der Waals surface area (Å²) in [6.45, 7) is 5.31. The Hall–Kier alpha value is -2.86. The predicted molar refractivity (Wildman–Crippen MR) is 134 cm³/mol. The van der Waals surface area contributed by atoms with Crippen molar-refractivity contribution in [2.45, 2.75) is 57.9 Å². The lowest BCUT2D eigenvalue weighted by molar-refractivity contribution is -0.126. The van der Waals surface area contributed by atoms with Gasteiger partial charge in [0.2, 0.25) is 11.8 Å². The van der Waals surface area contributed by atoms with Crippen LogP contribution in [0.1, 0.15) is 51.0 Å². The Labute approximate surface area is 197 Å². The number of nitrogens with zero attached hydrogens (tertiary/aromatic N) is 1. The Morgan fingerprint density at radius 2 is 1.82 bits per heavy atom. The second-order valence-electron chi connectivity index (χ2n) is 8.59. The molecule has 6 nitrogen and oxygen atoms in total. The second kappa shape index (κ2) is 13.6. The van der Waals surface area contributed by atoms with Crippen LogP contribution >= 0.6 is 0 Å². The number of hydrogen-bond acceptors (Lipinski definition) is 4. The Morgan fingerprint density at radius 1 is 1.03 bits per heavy atom. The van der Waals surface area contributed by atoms with Gasteiger partial charge < -0.3 is 20.3 Å². The summed E-state index contributed by atoms with van der Waals surface area (Å²) in [6, 6.07) is 17.6. The molecule has 1 aliphatic rings. The lowest BCUT2D eigenvalue weighted by atomic mass is 10.1. The van der Waals surface area contributed by atoms with Crippen molar-refractivity contribution in [1.29, 1.82) is 0 Å². The molecule has 1 atom stereocenters. The van der Waals surface area contributed by atoms with Gasteiger partial charge in [0.15, 0.2) is 0 Å². The topological polar surface area (TPSA) is 70.7 Å². The van der Waals surface area contributed by atoms with Crippen LogP contribution in [0, 0.1) is 0 Å². The zero-order chi connectivity index (χ0) is 23.3. The van der Waals surface area contributed by atoms with E-state index in [4.69, 9.17) is 4.74 Å². The number of ether oxygens (including phenoxy) is 1. The number of rotatable bonds is 13. The van der Waals surface area contributed by atoms with E-state index in [1.165, 1.54) is 18.4 Å². The molecule has 1 heterocycles. The van der Waals surface area contributed by atoms with Gasteiger partial charge >= 0.3 is 0 Å².